The summed E-state index contributed by atoms with van der Waals surface area (Å²) in [6.45, 7) is 6.09. The van der Waals surface area contributed by atoms with Crippen molar-refractivity contribution in [2.75, 3.05) is 20.4 Å². The highest BCUT2D eigenvalue weighted by molar-refractivity contribution is 14.0. The van der Waals surface area contributed by atoms with Crippen LogP contribution in [0.5, 0.6) is 5.75 Å². The van der Waals surface area contributed by atoms with Gasteiger partial charge in [-0.3, -0.25) is 4.99 Å². The summed E-state index contributed by atoms with van der Waals surface area (Å²) in [5, 5.41) is 6.38. The van der Waals surface area contributed by atoms with E-state index in [1.165, 1.54) is 12.1 Å². The number of guanidine groups is 1. The highest BCUT2D eigenvalue weighted by Crippen LogP contribution is 2.29. The Labute approximate surface area is 147 Å². The number of nitrogens with one attached hydrogen (secondary N) is 2. The lowest BCUT2D eigenvalue weighted by atomic mass is 10.1. The highest BCUT2D eigenvalue weighted by Gasteiger charge is 2.17. The molecule has 0 bridgehead atoms. The summed E-state index contributed by atoms with van der Waals surface area (Å²) < 4.78 is 24.3. The Balaban J connectivity index is 0.00000242. The average molecular weight is 423 g/mol. The molecule has 0 unspecified atom stereocenters. The SMILES string of the molecule is CN=C(NCc1cc(F)cc2c1OCOC2)NCC(C)C.I. The second-order valence-corrected chi connectivity index (χ2v) is 5.36. The van der Waals surface area contributed by atoms with Crippen LogP contribution >= 0.6 is 24.0 Å². The van der Waals surface area contributed by atoms with E-state index in [1.807, 2.05) is 0 Å². The maximum Gasteiger partial charge on any atom is 0.191 e. The molecule has 1 aliphatic rings. The van der Waals surface area contributed by atoms with Crippen molar-refractivity contribution in [1.82, 2.24) is 10.6 Å². The molecule has 5 nitrogen and oxygen atoms in total. The number of halogens is 2. The van der Waals surface area contributed by atoms with E-state index in [-0.39, 0.29) is 36.6 Å². The quantitative estimate of drug-likeness (QED) is 0.444. The van der Waals surface area contributed by atoms with Crippen molar-refractivity contribution in [2.45, 2.75) is 27.0 Å². The van der Waals surface area contributed by atoms with Crippen LogP contribution in [0.25, 0.3) is 0 Å². The van der Waals surface area contributed by atoms with Gasteiger partial charge in [0.05, 0.1) is 6.61 Å². The molecule has 124 valence electrons. The lowest BCUT2D eigenvalue weighted by Crippen LogP contribution is -2.38. The fourth-order valence-corrected chi connectivity index (χ4v) is 2.09. The zero-order valence-corrected chi connectivity index (χ0v) is 15.4. The fourth-order valence-electron chi connectivity index (χ4n) is 2.09. The van der Waals surface area contributed by atoms with Crippen molar-refractivity contribution in [2.24, 2.45) is 10.9 Å². The Kier molecular flexibility index (Phi) is 7.88. The molecule has 1 aromatic carbocycles. The maximum absolute atomic E-state index is 13.6. The summed E-state index contributed by atoms with van der Waals surface area (Å²) in [6, 6.07) is 2.93. The Bertz CT molecular complexity index is 524. The van der Waals surface area contributed by atoms with Gasteiger partial charge in [-0.2, -0.15) is 0 Å². The van der Waals surface area contributed by atoms with Crippen molar-refractivity contribution in [3.05, 3.63) is 29.1 Å². The van der Waals surface area contributed by atoms with Gasteiger partial charge in [0.15, 0.2) is 12.8 Å². The molecule has 0 radical (unpaired) electrons. The summed E-state index contributed by atoms with van der Waals surface area (Å²) in [6.07, 6.45) is 0. The molecule has 2 rings (SSSR count). The van der Waals surface area contributed by atoms with Crippen LogP contribution in [0.2, 0.25) is 0 Å². The highest BCUT2D eigenvalue weighted by atomic mass is 127. The molecule has 0 atom stereocenters. The van der Waals surface area contributed by atoms with Crippen molar-refractivity contribution in [3.63, 3.8) is 0 Å². The van der Waals surface area contributed by atoms with E-state index in [0.717, 1.165) is 17.7 Å². The van der Waals surface area contributed by atoms with Crippen LogP contribution in [0, 0.1) is 11.7 Å². The molecule has 0 saturated heterocycles. The van der Waals surface area contributed by atoms with Crippen molar-refractivity contribution in [1.29, 1.82) is 0 Å². The average Bonchev–Trinajstić information content (AvgIpc) is 2.46. The number of hydrogen-bond acceptors (Lipinski definition) is 3. The predicted octanol–water partition coefficient (Wildman–Crippen LogP) is 2.63. The number of rotatable bonds is 4. The topological polar surface area (TPSA) is 54.9 Å². The Morgan fingerprint density at radius 1 is 1.36 bits per heavy atom. The molecule has 2 N–H and O–H groups in total. The summed E-state index contributed by atoms with van der Waals surface area (Å²) in [4.78, 5) is 4.14. The van der Waals surface area contributed by atoms with Crippen molar-refractivity contribution in [3.8, 4) is 5.75 Å². The monoisotopic (exact) mass is 423 g/mol. The molecule has 1 heterocycles. The van der Waals surface area contributed by atoms with Gasteiger partial charge in [-0.05, 0) is 18.1 Å². The van der Waals surface area contributed by atoms with Crippen LogP contribution < -0.4 is 15.4 Å². The van der Waals surface area contributed by atoms with Gasteiger partial charge in [-0.15, -0.1) is 24.0 Å². The Hall–Kier alpha value is -1.09. The zero-order valence-electron chi connectivity index (χ0n) is 13.1. The van der Waals surface area contributed by atoms with Crippen molar-refractivity contribution < 1.29 is 13.9 Å². The number of hydrogen-bond donors (Lipinski definition) is 2. The molecule has 1 aliphatic heterocycles. The summed E-state index contributed by atoms with van der Waals surface area (Å²) in [5.74, 6) is 1.62. The number of fused-ring (bicyclic) bond motifs is 1. The van der Waals surface area contributed by atoms with Gasteiger partial charge in [-0.25, -0.2) is 4.39 Å². The minimum absolute atomic E-state index is 0. The van der Waals surface area contributed by atoms with Gasteiger partial charge >= 0.3 is 0 Å². The smallest absolute Gasteiger partial charge is 0.191 e. The van der Waals surface area contributed by atoms with Gasteiger partial charge in [-0.1, -0.05) is 13.8 Å². The lowest BCUT2D eigenvalue weighted by Gasteiger charge is -2.21. The third kappa shape index (κ3) is 5.28. The van der Waals surface area contributed by atoms with Gasteiger partial charge in [0, 0.05) is 31.3 Å². The van der Waals surface area contributed by atoms with E-state index < -0.39 is 0 Å². The minimum atomic E-state index is -0.287. The first kappa shape index (κ1) is 19.0. The number of nitrogens with zero attached hydrogens (tertiary/aromatic N) is 1. The van der Waals surface area contributed by atoms with E-state index in [4.69, 9.17) is 9.47 Å². The van der Waals surface area contributed by atoms with E-state index in [2.05, 4.69) is 29.5 Å². The van der Waals surface area contributed by atoms with Crippen LogP contribution in [-0.4, -0.2) is 26.3 Å². The summed E-state index contributed by atoms with van der Waals surface area (Å²) in [5.41, 5.74) is 1.50. The number of benzene rings is 1. The third-order valence-electron chi connectivity index (χ3n) is 3.10. The summed E-state index contributed by atoms with van der Waals surface area (Å²) >= 11 is 0. The van der Waals surface area contributed by atoms with Gasteiger partial charge < -0.3 is 20.1 Å². The number of aliphatic imine (C=N–C) groups is 1. The van der Waals surface area contributed by atoms with Crippen molar-refractivity contribution >= 4 is 29.9 Å². The van der Waals surface area contributed by atoms with Gasteiger partial charge in [0.1, 0.15) is 11.6 Å². The van der Waals surface area contributed by atoms with E-state index in [0.29, 0.717) is 30.8 Å². The van der Waals surface area contributed by atoms with E-state index in [9.17, 15) is 4.39 Å². The normalized spacial score (nSPS) is 14.0. The first-order valence-electron chi connectivity index (χ1n) is 7.06. The summed E-state index contributed by atoms with van der Waals surface area (Å²) in [7, 11) is 1.71. The molecular weight excluding hydrogens is 400 g/mol. The molecule has 7 heteroatoms. The fraction of sp³-hybridized carbons (Fsp3) is 0.533. The van der Waals surface area contributed by atoms with Gasteiger partial charge in [0.2, 0.25) is 0 Å². The van der Waals surface area contributed by atoms with Gasteiger partial charge in [0.25, 0.3) is 0 Å². The predicted molar refractivity (Wildman–Crippen MR) is 95.1 cm³/mol. The molecule has 1 aromatic rings. The van der Waals surface area contributed by atoms with Crippen LogP contribution in [0.4, 0.5) is 4.39 Å². The first-order valence-corrected chi connectivity index (χ1v) is 7.06. The third-order valence-corrected chi connectivity index (χ3v) is 3.10. The number of ether oxygens (including phenoxy) is 2. The minimum Gasteiger partial charge on any atom is -0.467 e. The van der Waals surface area contributed by atoms with Crippen LogP contribution in [0.3, 0.4) is 0 Å². The Morgan fingerprint density at radius 2 is 2.14 bits per heavy atom. The molecule has 22 heavy (non-hydrogen) atoms. The second kappa shape index (κ2) is 9.14. The van der Waals surface area contributed by atoms with Crippen LogP contribution in [0.1, 0.15) is 25.0 Å². The maximum atomic E-state index is 13.6. The van der Waals surface area contributed by atoms with Crippen LogP contribution in [0.15, 0.2) is 17.1 Å². The zero-order chi connectivity index (χ0) is 15.2. The van der Waals surface area contributed by atoms with E-state index in [1.54, 1.807) is 7.05 Å². The molecule has 0 amide bonds. The molecular formula is C15H23FIN3O2. The van der Waals surface area contributed by atoms with Crippen LogP contribution in [-0.2, 0) is 17.9 Å². The second-order valence-electron chi connectivity index (χ2n) is 5.36. The standard InChI is InChI=1S/C15H22FN3O2.HI/c1-10(2)6-18-15(17-3)19-7-11-4-13(16)5-12-8-20-9-21-14(11)12;/h4-5,10H,6-9H2,1-3H3,(H2,17,18,19);1H. The molecule has 0 saturated carbocycles. The molecule has 0 aliphatic carbocycles. The lowest BCUT2D eigenvalue weighted by molar-refractivity contribution is -0.0172. The Morgan fingerprint density at radius 3 is 2.82 bits per heavy atom. The molecule has 0 aromatic heterocycles. The molecule has 0 spiro atoms. The largest absolute Gasteiger partial charge is 0.467 e. The molecule has 0 fully saturated rings. The first-order chi connectivity index (χ1) is 10.1. The van der Waals surface area contributed by atoms with E-state index >= 15 is 0 Å².